The Morgan fingerprint density at radius 1 is 1.21 bits per heavy atom. The smallest absolute Gasteiger partial charge is 0.185 e. The molecule has 1 atom stereocenters. The van der Waals surface area contributed by atoms with Crippen LogP contribution in [0.2, 0.25) is 5.02 Å². The molecular formula is C18H22ClN3OS. The highest BCUT2D eigenvalue weighted by Gasteiger charge is 2.26. The number of thiazole rings is 1. The number of nitrogens with zero attached hydrogens (tertiary/aromatic N) is 3. The third-order valence-corrected chi connectivity index (χ3v) is 6.21. The van der Waals surface area contributed by atoms with Crippen molar-refractivity contribution in [2.45, 2.75) is 18.9 Å². The molecule has 0 saturated carbocycles. The van der Waals surface area contributed by atoms with Gasteiger partial charge in [-0.25, -0.2) is 4.98 Å². The molecule has 1 aromatic heterocycles. The summed E-state index contributed by atoms with van der Waals surface area (Å²) in [5.74, 6) is 0.547. The molecule has 0 aliphatic carbocycles. The molecule has 3 heterocycles. The van der Waals surface area contributed by atoms with E-state index in [0.717, 1.165) is 56.1 Å². The van der Waals surface area contributed by atoms with Gasteiger partial charge in [-0.2, -0.15) is 0 Å². The summed E-state index contributed by atoms with van der Waals surface area (Å²) in [5.41, 5.74) is 1.29. The fourth-order valence-corrected chi connectivity index (χ4v) is 4.82. The average molecular weight is 364 g/mol. The predicted molar refractivity (Wildman–Crippen MR) is 99.2 cm³/mol. The normalized spacial score (nSPS) is 22.2. The second-order valence-corrected chi connectivity index (χ2v) is 7.95. The summed E-state index contributed by atoms with van der Waals surface area (Å²) in [4.78, 5) is 10.8. The number of morpholine rings is 1. The lowest BCUT2D eigenvalue weighted by Crippen LogP contribution is -2.36. The number of likely N-dealkylation sites (tertiary alicyclic amines) is 1. The van der Waals surface area contributed by atoms with E-state index >= 15 is 0 Å². The van der Waals surface area contributed by atoms with Gasteiger partial charge < -0.3 is 9.64 Å². The van der Waals surface area contributed by atoms with Crippen molar-refractivity contribution in [1.29, 1.82) is 0 Å². The highest BCUT2D eigenvalue weighted by molar-refractivity contribution is 7.15. The third-order valence-electron chi connectivity index (χ3n) is 4.82. The van der Waals surface area contributed by atoms with Gasteiger partial charge in [0.2, 0.25) is 0 Å². The Bertz CT molecular complexity index is 686. The fourth-order valence-electron chi connectivity index (χ4n) is 3.53. The number of anilines is 1. The monoisotopic (exact) mass is 363 g/mol. The molecule has 128 valence electrons. The minimum atomic E-state index is 0.547. The predicted octanol–water partition coefficient (Wildman–Crippen LogP) is 3.62. The van der Waals surface area contributed by atoms with Gasteiger partial charge in [0, 0.05) is 42.3 Å². The zero-order valence-electron chi connectivity index (χ0n) is 13.7. The van der Waals surface area contributed by atoms with Crippen molar-refractivity contribution >= 4 is 28.1 Å². The third kappa shape index (κ3) is 3.59. The Morgan fingerprint density at radius 3 is 2.88 bits per heavy atom. The zero-order chi connectivity index (χ0) is 16.4. The highest BCUT2D eigenvalue weighted by Crippen LogP contribution is 2.33. The maximum atomic E-state index is 6.36. The number of benzene rings is 1. The van der Waals surface area contributed by atoms with Gasteiger partial charge in [-0.15, -0.1) is 11.3 Å². The summed E-state index contributed by atoms with van der Waals surface area (Å²) in [5, 5.41) is 2.03. The number of hydrogen-bond acceptors (Lipinski definition) is 5. The highest BCUT2D eigenvalue weighted by atomic mass is 35.5. The van der Waals surface area contributed by atoms with Crippen LogP contribution in [0.4, 0.5) is 5.13 Å². The second-order valence-electron chi connectivity index (χ2n) is 6.45. The zero-order valence-corrected chi connectivity index (χ0v) is 15.2. The molecule has 2 aliphatic rings. The summed E-state index contributed by atoms with van der Waals surface area (Å²) >= 11 is 8.18. The molecule has 24 heavy (non-hydrogen) atoms. The molecule has 0 bridgehead atoms. The summed E-state index contributed by atoms with van der Waals surface area (Å²) in [6.07, 6.45) is 3.22. The first-order chi connectivity index (χ1) is 11.8. The van der Waals surface area contributed by atoms with Crippen LogP contribution in [0.3, 0.4) is 0 Å². The topological polar surface area (TPSA) is 28.6 Å². The first-order valence-electron chi connectivity index (χ1n) is 8.54. The fraction of sp³-hybridized carbons (Fsp3) is 0.500. The van der Waals surface area contributed by atoms with Gasteiger partial charge in [-0.05, 0) is 30.5 Å². The molecule has 0 N–H and O–H groups in total. The van der Waals surface area contributed by atoms with E-state index in [0.29, 0.717) is 5.92 Å². The molecule has 0 spiro atoms. The SMILES string of the molecule is Clc1ccccc1[C@@H]1CCN(Cc2cnc(N3CCOCC3)s2)C1. The van der Waals surface area contributed by atoms with Crippen molar-refractivity contribution in [3.8, 4) is 0 Å². The van der Waals surface area contributed by atoms with E-state index < -0.39 is 0 Å². The number of aromatic nitrogens is 1. The Kier molecular flexibility index (Phi) is 5.03. The van der Waals surface area contributed by atoms with Crippen LogP contribution in [0.15, 0.2) is 30.5 Å². The Hall–Kier alpha value is -1.14. The maximum absolute atomic E-state index is 6.36. The quantitative estimate of drug-likeness (QED) is 0.829. The van der Waals surface area contributed by atoms with E-state index in [-0.39, 0.29) is 0 Å². The van der Waals surface area contributed by atoms with Crippen molar-refractivity contribution in [3.05, 3.63) is 45.9 Å². The lowest BCUT2D eigenvalue weighted by atomic mass is 9.98. The standard InChI is InChI=1S/C18H22ClN3OS/c19-17-4-2-1-3-16(17)14-5-6-21(12-14)13-15-11-20-18(24-15)22-7-9-23-10-8-22/h1-4,11,14H,5-10,12-13H2/t14-/m1/s1. The molecule has 2 aliphatic heterocycles. The van der Waals surface area contributed by atoms with Crippen LogP contribution in [0.5, 0.6) is 0 Å². The summed E-state index contributed by atoms with van der Waals surface area (Å²) in [6, 6.07) is 8.25. The van der Waals surface area contributed by atoms with E-state index in [1.165, 1.54) is 16.9 Å². The summed E-state index contributed by atoms with van der Waals surface area (Å²) < 4.78 is 5.42. The van der Waals surface area contributed by atoms with Crippen molar-refractivity contribution in [1.82, 2.24) is 9.88 Å². The molecule has 2 fully saturated rings. The van der Waals surface area contributed by atoms with Crippen LogP contribution in [0, 0.1) is 0 Å². The first-order valence-corrected chi connectivity index (χ1v) is 9.73. The first kappa shape index (κ1) is 16.3. The average Bonchev–Trinajstić information content (AvgIpc) is 3.26. The van der Waals surface area contributed by atoms with Crippen LogP contribution in [0.1, 0.15) is 22.8 Å². The molecule has 2 saturated heterocycles. The van der Waals surface area contributed by atoms with Gasteiger partial charge in [0.25, 0.3) is 0 Å². The van der Waals surface area contributed by atoms with Crippen molar-refractivity contribution in [3.63, 3.8) is 0 Å². The molecule has 4 nitrogen and oxygen atoms in total. The van der Waals surface area contributed by atoms with Crippen LogP contribution in [-0.2, 0) is 11.3 Å². The lowest BCUT2D eigenvalue weighted by molar-refractivity contribution is 0.122. The Labute approximate surface area is 152 Å². The molecule has 0 radical (unpaired) electrons. The van der Waals surface area contributed by atoms with E-state index in [1.54, 1.807) is 0 Å². The molecule has 2 aromatic rings. The minimum absolute atomic E-state index is 0.547. The number of rotatable bonds is 4. The number of halogens is 1. The minimum Gasteiger partial charge on any atom is -0.378 e. The van der Waals surface area contributed by atoms with Crippen LogP contribution >= 0.6 is 22.9 Å². The molecule has 0 amide bonds. The van der Waals surface area contributed by atoms with Gasteiger partial charge in [-0.1, -0.05) is 29.8 Å². The largest absolute Gasteiger partial charge is 0.378 e. The van der Waals surface area contributed by atoms with Crippen LogP contribution < -0.4 is 4.90 Å². The molecule has 4 rings (SSSR count). The van der Waals surface area contributed by atoms with Gasteiger partial charge >= 0.3 is 0 Å². The van der Waals surface area contributed by atoms with Crippen molar-refractivity contribution in [2.75, 3.05) is 44.3 Å². The van der Waals surface area contributed by atoms with Crippen molar-refractivity contribution in [2.24, 2.45) is 0 Å². The second kappa shape index (κ2) is 7.40. The van der Waals surface area contributed by atoms with Gasteiger partial charge in [-0.3, -0.25) is 4.90 Å². The van der Waals surface area contributed by atoms with Crippen LogP contribution in [0.25, 0.3) is 0 Å². The van der Waals surface area contributed by atoms with E-state index in [4.69, 9.17) is 16.3 Å². The number of ether oxygens (including phenoxy) is 1. The van der Waals surface area contributed by atoms with E-state index in [2.05, 4.69) is 26.9 Å². The maximum Gasteiger partial charge on any atom is 0.185 e. The summed E-state index contributed by atoms with van der Waals surface area (Å²) in [6.45, 7) is 6.70. The molecular weight excluding hydrogens is 342 g/mol. The molecule has 1 aromatic carbocycles. The number of hydrogen-bond donors (Lipinski definition) is 0. The van der Waals surface area contributed by atoms with Crippen LogP contribution in [-0.4, -0.2) is 49.3 Å². The summed E-state index contributed by atoms with van der Waals surface area (Å²) in [7, 11) is 0. The van der Waals surface area contributed by atoms with Gasteiger partial charge in [0.05, 0.1) is 13.2 Å². The van der Waals surface area contributed by atoms with E-state index in [9.17, 15) is 0 Å². The molecule has 6 heteroatoms. The van der Waals surface area contributed by atoms with Gasteiger partial charge in [0.1, 0.15) is 0 Å². The molecule has 0 unspecified atom stereocenters. The van der Waals surface area contributed by atoms with Crippen molar-refractivity contribution < 1.29 is 4.74 Å². The van der Waals surface area contributed by atoms with Gasteiger partial charge in [0.15, 0.2) is 5.13 Å². The Balaban J connectivity index is 1.37. The lowest BCUT2D eigenvalue weighted by Gasteiger charge is -2.26. The Morgan fingerprint density at radius 2 is 2.04 bits per heavy atom. The van der Waals surface area contributed by atoms with E-state index in [1.807, 2.05) is 29.7 Å².